The second-order valence-corrected chi connectivity index (χ2v) is 5.58. The van der Waals surface area contributed by atoms with Crippen molar-refractivity contribution in [2.75, 3.05) is 17.7 Å². The van der Waals surface area contributed by atoms with Crippen molar-refractivity contribution in [1.29, 1.82) is 0 Å². The summed E-state index contributed by atoms with van der Waals surface area (Å²) in [5.41, 5.74) is 4.99. The first-order valence-electron chi connectivity index (χ1n) is 5.66. The lowest BCUT2D eigenvalue weighted by atomic mass is 10.2. The molecule has 0 radical (unpaired) electrons. The number of nitrogen functional groups attached to an aromatic ring is 1. The number of anilines is 2. The molecule has 1 heterocycles. The normalized spacial score (nSPS) is 10.9. The minimum absolute atomic E-state index is 0.0545. The SMILES string of the molecule is CCOC(=O)c1nc(N)c(NC(=O)OC(C)(C)C)s1. The molecule has 0 atom stereocenters. The number of amides is 1. The molecular formula is C11H17N3O4S. The van der Waals surface area contributed by atoms with Crippen LogP contribution in [0.15, 0.2) is 0 Å². The van der Waals surface area contributed by atoms with Gasteiger partial charge in [0.2, 0.25) is 5.01 Å². The molecule has 0 spiro atoms. The number of hydrogen-bond acceptors (Lipinski definition) is 7. The van der Waals surface area contributed by atoms with Gasteiger partial charge in [-0.2, -0.15) is 0 Å². The van der Waals surface area contributed by atoms with E-state index in [4.69, 9.17) is 15.2 Å². The first-order chi connectivity index (χ1) is 8.73. The minimum atomic E-state index is -0.654. The van der Waals surface area contributed by atoms with E-state index in [2.05, 4.69) is 10.3 Å². The average Bonchev–Trinajstić information content (AvgIpc) is 2.58. The second kappa shape index (κ2) is 5.87. The van der Waals surface area contributed by atoms with Gasteiger partial charge in [0.05, 0.1) is 6.61 Å². The summed E-state index contributed by atoms with van der Waals surface area (Å²) >= 11 is 0.939. The zero-order valence-electron chi connectivity index (χ0n) is 11.3. The number of aromatic nitrogens is 1. The number of nitrogens with two attached hydrogens (primary N) is 1. The first kappa shape index (κ1) is 15.2. The fourth-order valence-electron chi connectivity index (χ4n) is 1.10. The fraction of sp³-hybridized carbons (Fsp3) is 0.545. The van der Waals surface area contributed by atoms with Crippen LogP contribution < -0.4 is 11.1 Å². The maximum absolute atomic E-state index is 11.6. The van der Waals surface area contributed by atoms with Crippen LogP contribution in [-0.4, -0.2) is 29.3 Å². The minimum Gasteiger partial charge on any atom is -0.461 e. The molecule has 0 aromatic carbocycles. The number of hydrogen-bond donors (Lipinski definition) is 2. The van der Waals surface area contributed by atoms with Crippen LogP contribution in [0.2, 0.25) is 0 Å². The summed E-state index contributed by atoms with van der Waals surface area (Å²) in [4.78, 5) is 26.8. The summed E-state index contributed by atoms with van der Waals surface area (Å²) in [6.45, 7) is 7.16. The van der Waals surface area contributed by atoms with Gasteiger partial charge in [-0.05, 0) is 27.7 Å². The molecule has 0 aliphatic heterocycles. The van der Waals surface area contributed by atoms with Crippen molar-refractivity contribution in [3.05, 3.63) is 5.01 Å². The predicted molar refractivity (Wildman–Crippen MR) is 72.3 cm³/mol. The third-order valence-corrected chi connectivity index (χ3v) is 2.68. The van der Waals surface area contributed by atoms with Gasteiger partial charge in [-0.3, -0.25) is 5.32 Å². The highest BCUT2D eigenvalue weighted by Crippen LogP contribution is 2.27. The highest BCUT2D eigenvalue weighted by molar-refractivity contribution is 7.18. The Morgan fingerprint density at radius 3 is 2.58 bits per heavy atom. The van der Waals surface area contributed by atoms with Crippen LogP contribution in [0.25, 0.3) is 0 Å². The van der Waals surface area contributed by atoms with E-state index in [-0.39, 0.29) is 22.4 Å². The molecule has 1 amide bonds. The molecule has 106 valence electrons. The van der Waals surface area contributed by atoms with Crippen molar-refractivity contribution in [2.45, 2.75) is 33.3 Å². The molecule has 19 heavy (non-hydrogen) atoms. The lowest BCUT2D eigenvalue weighted by Gasteiger charge is -2.19. The van der Waals surface area contributed by atoms with Gasteiger partial charge < -0.3 is 15.2 Å². The molecule has 3 N–H and O–H groups in total. The van der Waals surface area contributed by atoms with E-state index >= 15 is 0 Å². The summed E-state index contributed by atoms with van der Waals surface area (Å²) in [7, 11) is 0. The molecule has 1 aromatic heterocycles. The fourth-order valence-corrected chi connectivity index (χ4v) is 1.86. The third kappa shape index (κ3) is 4.74. The van der Waals surface area contributed by atoms with E-state index < -0.39 is 17.7 Å². The van der Waals surface area contributed by atoms with E-state index in [0.29, 0.717) is 0 Å². The number of nitrogens with one attached hydrogen (secondary N) is 1. The Morgan fingerprint density at radius 2 is 2.05 bits per heavy atom. The summed E-state index contributed by atoms with van der Waals surface area (Å²) in [6.07, 6.45) is -0.654. The van der Waals surface area contributed by atoms with E-state index in [0.717, 1.165) is 11.3 Å². The Bertz CT molecular complexity index is 479. The maximum Gasteiger partial charge on any atom is 0.412 e. The highest BCUT2D eigenvalue weighted by Gasteiger charge is 2.20. The number of carbonyl (C=O) groups excluding carboxylic acids is 2. The highest BCUT2D eigenvalue weighted by atomic mass is 32.1. The number of carbonyl (C=O) groups is 2. The lowest BCUT2D eigenvalue weighted by Crippen LogP contribution is -2.27. The number of thiazole rings is 1. The summed E-state index contributed by atoms with van der Waals surface area (Å²) in [6, 6.07) is 0. The Morgan fingerprint density at radius 1 is 1.42 bits per heavy atom. The molecular weight excluding hydrogens is 270 g/mol. The smallest absolute Gasteiger partial charge is 0.412 e. The molecule has 8 heteroatoms. The van der Waals surface area contributed by atoms with Crippen LogP contribution >= 0.6 is 11.3 Å². The summed E-state index contributed by atoms with van der Waals surface area (Å²) < 4.78 is 9.86. The zero-order valence-corrected chi connectivity index (χ0v) is 12.1. The molecule has 0 aliphatic rings. The van der Waals surface area contributed by atoms with Crippen molar-refractivity contribution in [3.8, 4) is 0 Å². The number of nitrogens with zero attached hydrogens (tertiary/aromatic N) is 1. The van der Waals surface area contributed by atoms with Gasteiger partial charge in [0.25, 0.3) is 0 Å². The van der Waals surface area contributed by atoms with Crippen LogP contribution in [0.5, 0.6) is 0 Å². The molecule has 1 rings (SSSR count). The van der Waals surface area contributed by atoms with Gasteiger partial charge in [0.15, 0.2) is 5.82 Å². The van der Waals surface area contributed by atoms with Crippen LogP contribution in [-0.2, 0) is 9.47 Å². The van der Waals surface area contributed by atoms with Gasteiger partial charge >= 0.3 is 12.1 Å². The Labute approximate surface area is 115 Å². The first-order valence-corrected chi connectivity index (χ1v) is 6.48. The van der Waals surface area contributed by atoms with E-state index in [1.54, 1.807) is 27.7 Å². The number of rotatable bonds is 3. The van der Waals surface area contributed by atoms with Gasteiger partial charge in [-0.25, -0.2) is 14.6 Å². The molecule has 0 saturated carbocycles. The lowest BCUT2D eigenvalue weighted by molar-refractivity contribution is 0.0525. The van der Waals surface area contributed by atoms with E-state index in [1.807, 2.05) is 0 Å². The summed E-state index contributed by atoms with van der Waals surface area (Å²) in [5, 5.41) is 2.80. The van der Waals surface area contributed by atoms with Crippen LogP contribution in [0.3, 0.4) is 0 Å². The maximum atomic E-state index is 11.6. The third-order valence-electron chi connectivity index (χ3n) is 1.72. The van der Waals surface area contributed by atoms with Gasteiger partial charge in [-0.15, -0.1) is 0 Å². The molecule has 0 aliphatic carbocycles. The van der Waals surface area contributed by atoms with Crippen LogP contribution in [0.4, 0.5) is 15.6 Å². The molecule has 0 unspecified atom stereocenters. The largest absolute Gasteiger partial charge is 0.461 e. The average molecular weight is 287 g/mol. The molecule has 7 nitrogen and oxygen atoms in total. The van der Waals surface area contributed by atoms with Gasteiger partial charge in [-0.1, -0.05) is 11.3 Å². The van der Waals surface area contributed by atoms with Crippen molar-refractivity contribution in [1.82, 2.24) is 4.98 Å². The second-order valence-electron chi connectivity index (χ2n) is 4.58. The van der Waals surface area contributed by atoms with Crippen molar-refractivity contribution in [3.63, 3.8) is 0 Å². The van der Waals surface area contributed by atoms with Crippen molar-refractivity contribution < 1.29 is 19.1 Å². The molecule has 0 bridgehead atoms. The Hall–Kier alpha value is -1.83. The van der Waals surface area contributed by atoms with Gasteiger partial charge in [0, 0.05) is 0 Å². The quantitative estimate of drug-likeness (QED) is 0.826. The van der Waals surface area contributed by atoms with Crippen LogP contribution in [0, 0.1) is 0 Å². The standard InChI is InChI=1S/C11H17N3O4S/c1-5-17-9(15)8-13-6(12)7(19-8)14-10(16)18-11(2,3)4/h5,12H2,1-4H3,(H,14,16). The number of esters is 1. The predicted octanol–water partition coefficient (Wildman–Crippen LogP) is 2.25. The number of ether oxygens (including phenoxy) is 2. The van der Waals surface area contributed by atoms with Crippen molar-refractivity contribution in [2.24, 2.45) is 0 Å². The zero-order chi connectivity index (χ0) is 14.6. The van der Waals surface area contributed by atoms with Crippen molar-refractivity contribution >= 4 is 34.2 Å². The topological polar surface area (TPSA) is 104 Å². The Balaban J connectivity index is 2.75. The monoisotopic (exact) mass is 287 g/mol. The molecule has 1 aromatic rings. The summed E-state index contributed by atoms with van der Waals surface area (Å²) in [5.74, 6) is -0.518. The molecule has 0 fully saturated rings. The van der Waals surface area contributed by atoms with Crippen LogP contribution in [0.1, 0.15) is 37.5 Å². The molecule has 0 saturated heterocycles. The Kier molecular flexibility index (Phi) is 4.71. The van der Waals surface area contributed by atoms with E-state index in [1.165, 1.54) is 0 Å². The van der Waals surface area contributed by atoms with Gasteiger partial charge in [0.1, 0.15) is 10.6 Å². The van der Waals surface area contributed by atoms with E-state index in [9.17, 15) is 9.59 Å².